The molecule has 0 bridgehead atoms. The Balaban J connectivity index is 1.12. The number of hydrogen-bond acceptors (Lipinski definition) is 14. The fourth-order valence-electron chi connectivity index (χ4n) is 11.9. The van der Waals surface area contributed by atoms with Gasteiger partial charge in [0.2, 0.25) is 0 Å². The summed E-state index contributed by atoms with van der Waals surface area (Å²) in [5.74, 6) is -1.17. The average molecular weight is 771 g/mol. The SMILES string of the molecule is C=C(C)[C@@H](CCO[C@H]1OC[C@H](O)[C@@H](O)[C@H]1O)CC[C@@H](C)[C@H]1[C@@H](O)[C@H](O)[C@@H]2[C@]1(C)CC[C@H]1[C@@]2(O)C[C@@H](O)C2=C[C@@H](O[C@@H]3OC[C@@H](O)[C@H](O)[C@H]3OC)CC[C@@]21C. The first-order valence-electron chi connectivity index (χ1n) is 20.0. The van der Waals surface area contributed by atoms with Gasteiger partial charge in [0.15, 0.2) is 12.6 Å². The van der Waals surface area contributed by atoms with Gasteiger partial charge in [0.25, 0.3) is 0 Å². The lowest BCUT2D eigenvalue weighted by molar-refractivity contribution is -0.285. The van der Waals surface area contributed by atoms with E-state index in [-0.39, 0.29) is 49.9 Å². The summed E-state index contributed by atoms with van der Waals surface area (Å²) < 4.78 is 28.4. The van der Waals surface area contributed by atoms with E-state index in [1.54, 1.807) is 0 Å². The first-order valence-corrected chi connectivity index (χ1v) is 20.0. The number of ether oxygens (including phenoxy) is 5. The van der Waals surface area contributed by atoms with Crippen molar-refractivity contribution < 1.29 is 69.6 Å². The molecule has 0 aromatic heterocycles. The van der Waals surface area contributed by atoms with Crippen molar-refractivity contribution in [3.63, 3.8) is 0 Å². The summed E-state index contributed by atoms with van der Waals surface area (Å²) in [5.41, 5.74) is -0.858. The third-order valence-corrected chi connectivity index (χ3v) is 14.8. The van der Waals surface area contributed by atoms with Crippen LogP contribution in [0.15, 0.2) is 23.8 Å². The normalized spacial score (nSPS) is 50.3. The lowest BCUT2D eigenvalue weighted by Crippen LogP contribution is -2.66. The molecule has 0 amide bonds. The number of aliphatic hydroxyl groups is 9. The average Bonchev–Trinajstić information content (AvgIpc) is 3.32. The summed E-state index contributed by atoms with van der Waals surface area (Å²) >= 11 is 0. The van der Waals surface area contributed by atoms with Crippen LogP contribution in [0.4, 0.5) is 0 Å². The standard InChI is InChI=1S/C40H66O14/c1-19(2)21(11-14-51-36-33(48)29(44)25(42)17-52-36)8-7-20(3)28-31(46)32(47)35-39(28,5)13-10-27-38(4)12-9-22(15-23(38)24(41)16-40(27,35)49)54-37-34(50-6)30(45)26(43)18-53-37/h15,20-22,24-37,41-49H,1,7-14,16-18H2,2-6H3/t20-,21-,22+,24-,25+,26-,27-,28+,29-,30+,31-,32+,33-,34-,35-,36+,37+,38+,39-,40+/m1/s1. The van der Waals surface area contributed by atoms with Crippen LogP contribution in [0.3, 0.4) is 0 Å². The van der Waals surface area contributed by atoms with Crippen LogP contribution in [-0.4, -0.2) is 152 Å². The molecule has 4 aliphatic carbocycles. The van der Waals surface area contributed by atoms with Crippen LogP contribution in [0, 0.1) is 40.4 Å². The van der Waals surface area contributed by atoms with Gasteiger partial charge in [-0.1, -0.05) is 39.0 Å². The zero-order chi connectivity index (χ0) is 39.5. The zero-order valence-corrected chi connectivity index (χ0v) is 32.4. The Hall–Kier alpha value is -1.08. The monoisotopic (exact) mass is 770 g/mol. The minimum atomic E-state index is -1.43. The second kappa shape index (κ2) is 16.3. The van der Waals surface area contributed by atoms with Gasteiger partial charge in [0.1, 0.15) is 36.6 Å². The summed E-state index contributed by atoms with van der Waals surface area (Å²) in [6, 6.07) is 0. The van der Waals surface area contributed by atoms with Gasteiger partial charge in [-0.3, -0.25) is 0 Å². The molecule has 0 spiro atoms. The molecular weight excluding hydrogens is 704 g/mol. The van der Waals surface area contributed by atoms with Crippen molar-refractivity contribution in [2.75, 3.05) is 26.9 Å². The van der Waals surface area contributed by atoms with Crippen LogP contribution < -0.4 is 0 Å². The molecule has 9 N–H and O–H groups in total. The lowest BCUT2D eigenvalue weighted by atomic mass is 9.43. The Labute approximate surface area is 318 Å². The summed E-state index contributed by atoms with van der Waals surface area (Å²) in [6.45, 7) is 12.4. The van der Waals surface area contributed by atoms with Crippen LogP contribution in [0.5, 0.6) is 0 Å². The van der Waals surface area contributed by atoms with Crippen molar-refractivity contribution >= 4 is 0 Å². The molecule has 2 aliphatic heterocycles. The number of aliphatic hydroxyl groups excluding tert-OH is 8. The Morgan fingerprint density at radius 3 is 2.20 bits per heavy atom. The molecule has 2 saturated heterocycles. The smallest absolute Gasteiger partial charge is 0.187 e. The van der Waals surface area contributed by atoms with Gasteiger partial charge < -0.3 is 69.6 Å². The van der Waals surface area contributed by atoms with Crippen molar-refractivity contribution in [1.82, 2.24) is 0 Å². The maximum Gasteiger partial charge on any atom is 0.187 e. The lowest BCUT2D eigenvalue weighted by Gasteiger charge is -2.64. The topological polar surface area (TPSA) is 228 Å². The Morgan fingerprint density at radius 2 is 1.54 bits per heavy atom. The Bertz CT molecular complexity index is 1350. The number of fused-ring (bicyclic) bond motifs is 5. The van der Waals surface area contributed by atoms with Crippen molar-refractivity contribution in [3.8, 4) is 0 Å². The van der Waals surface area contributed by atoms with E-state index in [1.807, 2.05) is 13.0 Å². The van der Waals surface area contributed by atoms with Gasteiger partial charge in [-0.15, -0.1) is 0 Å². The van der Waals surface area contributed by atoms with Crippen molar-refractivity contribution in [2.24, 2.45) is 40.4 Å². The van der Waals surface area contributed by atoms with Crippen LogP contribution in [0.25, 0.3) is 0 Å². The maximum absolute atomic E-state index is 12.8. The number of methoxy groups -OCH3 is 1. The van der Waals surface area contributed by atoms with Crippen LogP contribution >= 0.6 is 0 Å². The summed E-state index contributed by atoms with van der Waals surface area (Å²) in [7, 11) is 1.42. The van der Waals surface area contributed by atoms with E-state index in [0.717, 1.165) is 24.0 Å². The van der Waals surface area contributed by atoms with Crippen LogP contribution in [0.2, 0.25) is 0 Å². The second-order valence-electron chi connectivity index (χ2n) is 18.0. The summed E-state index contributed by atoms with van der Waals surface area (Å²) in [5, 5.41) is 98.6. The second-order valence-corrected chi connectivity index (χ2v) is 18.0. The molecule has 5 fully saturated rings. The van der Waals surface area contributed by atoms with Gasteiger partial charge in [-0.2, -0.15) is 0 Å². The van der Waals surface area contributed by atoms with Crippen molar-refractivity contribution in [2.45, 2.75) is 158 Å². The fraction of sp³-hybridized carbons (Fsp3) is 0.900. The molecule has 0 unspecified atom stereocenters. The number of rotatable bonds is 12. The third kappa shape index (κ3) is 7.40. The first-order chi connectivity index (χ1) is 25.4. The molecule has 54 heavy (non-hydrogen) atoms. The first kappa shape index (κ1) is 42.5. The Kier molecular flexibility index (Phi) is 12.8. The minimum absolute atomic E-state index is 0.0163. The van der Waals surface area contributed by atoms with Gasteiger partial charge in [0.05, 0.1) is 49.8 Å². The maximum atomic E-state index is 12.8. The van der Waals surface area contributed by atoms with E-state index in [2.05, 4.69) is 27.4 Å². The fourth-order valence-corrected chi connectivity index (χ4v) is 11.9. The largest absolute Gasteiger partial charge is 0.390 e. The summed E-state index contributed by atoms with van der Waals surface area (Å²) in [4.78, 5) is 0. The van der Waals surface area contributed by atoms with Gasteiger partial charge >= 0.3 is 0 Å². The highest BCUT2D eigenvalue weighted by Crippen LogP contribution is 2.69. The molecule has 0 aromatic carbocycles. The quantitative estimate of drug-likeness (QED) is 0.123. The molecule has 14 nitrogen and oxygen atoms in total. The van der Waals surface area contributed by atoms with E-state index in [0.29, 0.717) is 32.1 Å². The molecule has 6 rings (SSSR count). The molecule has 0 radical (unpaired) electrons. The van der Waals surface area contributed by atoms with Crippen molar-refractivity contribution in [3.05, 3.63) is 23.8 Å². The van der Waals surface area contributed by atoms with Crippen molar-refractivity contribution in [1.29, 1.82) is 0 Å². The molecule has 3 saturated carbocycles. The van der Waals surface area contributed by atoms with E-state index in [4.69, 9.17) is 23.7 Å². The number of hydrogen-bond donors (Lipinski definition) is 9. The van der Waals surface area contributed by atoms with E-state index in [1.165, 1.54) is 7.11 Å². The molecule has 2 heterocycles. The minimum Gasteiger partial charge on any atom is -0.390 e. The zero-order valence-electron chi connectivity index (χ0n) is 32.4. The van der Waals surface area contributed by atoms with Gasteiger partial charge in [-0.25, -0.2) is 0 Å². The van der Waals surface area contributed by atoms with E-state index < -0.39 is 96.0 Å². The third-order valence-electron chi connectivity index (χ3n) is 14.8. The van der Waals surface area contributed by atoms with E-state index in [9.17, 15) is 46.0 Å². The molecule has 14 heteroatoms. The number of allylic oxidation sites excluding steroid dienone is 1. The van der Waals surface area contributed by atoms with Crippen LogP contribution in [-0.2, 0) is 23.7 Å². The van der Waals surface area contributed by atoms with Gasteiger partial charge in [-0.05, 0) is 91.9 Å². The van der Waals surface area contributed by atoms with Crippen LogP contribution in [0.1, 0.15) is 79.1 Å². The highest BCUT2D eigenvalue weighted by molar-refractivity contribution is 5.33. The highest BCUT2D eigenvalue weighted by Gasteiger charge is 2.72. The summed E-state index contributed by atoms with van der Waals surface area (Å²) in [6.07, 6.45) is -6.11. The van der Waals surface area contributed by atoms with E-state index >= 15 is 0 Å². The Morgan fingerprint density at radius 1 is 0.870 bits per heavy atom. The molecule has 310 valence electrons. The highest BCUT2D eigenvalue weighted by atomic mass is 16.7. The molecule has 20 atom stereocenters. The predicted molar refractivity (Wildman–Crippen MR) is 193 cm³/mol. The van der Waals surface area contributed by atoms with Gasteiger partial charge in [0, 0.05) is 19.4 Å². The molecule has 6 aliphatic rings. The molecule has 0 aromatic rings. The predicted octanol–water partition coefficient (Wildman–Crippen LogP) is 0.525. The molecular formula is C40H66O14.